The Kier molecular flexibility index (Phi) is 6.06. The SMILES string of the molecule is Cc1cc([N+](=O)[O-])ccc1NC(=O)CN(CCCCO)C1CC1. The van der Waals surface area contributed by atoms with E-state index >= 15 is 0 Å². The summed E-state index contributed by atoms with van der Waals surface area (Å²) < 4.78 is 0. The summed E-state index contributed by atoms with van der Waals surface area (Å²) in [6.07, 6.45) is 3.84. The molecule has 0 heterocycles. The van der Waals surface area contributed by atoms with Gasteiger partial charge in [-0.15, -0.1) is 0 Å². The fourth-order valence-electron chi connectivity index (χ4n) is 2.53. The lowest BCUT2D eigenvalue weighted by Gasteiger charge is -2.21. The van der Waals surface area contributed by atoms with Gasteiger partial charge in [0.15, 0.2) is 0 Å². The van der Waals surface area contributed by atoms with Crippen molar-refractivity contribution in [1.82, 2.24) is 4.90 Å². The largest absolute Gasteiger partial charge is 0.396 e. The van der Waals surface area contributed by atoms with Gasteiger partial charge < -0.3 is 10.4 Å². The summed E-state index contributed by atoms with van der Waals surface area (Å²) >= 11 is 0. The number of benzene rings is 1. The molecule has 1 aromatic carbocycles. The second kappa shape index (κ2) is 8.03. The van der Waals surface area contributed by atoms with Crippen molar-refractivity contribution < 1.29 is 14.8 Å². The van der Waals surface area contributed by atoms with Crippen LogP contribution in [-0.2, 0) is 4.79 Å². The van der Waals surface area contributed by atoms with Crippen LogP contribution >= 0.6 is 0 Å². The third-order valence-electron chi connectivity index (χ3n) is 3.96. The molecule has 0 bridgehead atoms. The minimum absolute atomic E-state index is 0.0177. The molecule has 0 radical (unpaired) electrons. The van der Waals surface area contributed by atoms with E-state index in [1.165, 1.54) is 12.1 Å². The molecule has 23 heavy (non-hydrogen) atoms. The molecule has 2 N–H and O–H groups in total. The summed E-state index contributed by atoms with van der Waals surface area (Å²) in [6.45, 7) is 3.03. The zero-order valence-electron chi connectivity index (χ0n) is 13.3. The number of hydrogen-bond donors (Lipinski definition) is 2. The van der Waals surface area contributed by atoms with Crippen molar-refractivity contribution in [1.29, 1.82) is 0 Å². The lowest BCUT2D eigenvalue weighted by molar-refractivity contribution is -0.384. The van der Waals surface area contributed by atoms with Crippen LogP contribution in [0.3, 0.4) is 0 Å². The van der Waals surface area contributed by atoms with E-state index in [0.29, 0.717) is 23.8 Å². The Balaban J connectivity index is 1.91. The van der Waals surface area contributed by atoms with E-state index in [4.69, 9.17) is 5.11 Å². The van der Waals surface area contributed by atoms with Gasteiger partial charge in [0.1, 0.15) is 0 Å². The molecule has 1 aliphatic carbocycles. The van der Waals surface area contributed by atoms with Gasteiger partial charge in [0.05, 0.1) is 11.5 Å². The summed E-state index contributed by atoms with van der Waals surface area (Å²) in [5.74, 6) is -0.113. The molecule has 0 spiro atoms. The van der Waals surface area contributed by atoms with E-state index in [1.807, 2.05) is 0 Å². The van der Waals surface area contributed by atoms with Gasteiger partial charge >= 0.3 is 0 Å². The first-order valence-electron chi connectivity index (χ1n) is 7.91. The number of nitrogens with one attached hydrogen (secondary N) is 1. The zero-order chi connectivity index (χ0) is 16.8. The highest BCUT2D eigenvalue weighted by molar-refractivity contribution is 5.93. The van der Waals surface area contributed by atoms with Crippen molar-refractivity contribution in [2.24, 2.45) is 0 Å². The lowest BCUT2D eigenvalue weighted by Crippen LogP contribution is -2.35. The molecule has 2 rings (SSSR count). The van der Waals surface area contributed by atoms with Crippen LogP contribution in [0.25, 0.3) is 0 Å². The minimum Gasteiger partial charge on any atom is -0.396 e. The molecule has 1 fully saturated rings. The molecular formula is C16H23N3O4. The summed E-state index contributed by atoms with van der Waals surface area (Å²) in [7, 11) is 0. The van der Waals surface area contributed by atoms with Crippen molar-refractivity contribution in [3.05, 3.63) is 33.9 Å². The number of hydrogen-bond acceptors (Lipinski definition) is 5. The number of amides is 1. The van der Waals surface area contributed by atoms with Crippen LogP contribution in [0.5, 0.6) is 0 Å². The number of nitrogens with zero attached hydrogens (tertiary/aromatic N) is 2. The number of rotatable bonds is 9. The summed E-state index contributed by atoms with van der Waals surface area (Å²) in [4.78, 5) is 24.7. The van der Waals surface area contributed by atoms with Crippen LogP contribution in [0.1, 0.15) is 31.2 Å². The lowest BCUT2D eigenvalue weighted by atomic mass is 10.2. The first kappa shape index (κ1) is 17.4. The van der Waals surface area contributed by atoms with Gasteiger partial charge in [0.2, 0.25) is 5.91 Å². The minimum atomic E-state index is -0.450. The van der Waals surface area contributed by atoms with Gasteiger partial charge in [-0.25, -0.2) is 0 Å². The fraction of sp³-hybridized carbons (Fsp3) is 0.562. The molecular weight excluding hydrogens is 298 g/mol. The van der Waals surface area contributed by atoms with E-state index in [1.54, 1.807) is 13.0 Å². The second-order valence-corrected chi connectivity index (χ2v) is 5.94. The van der Waals surface area contributed by atoms with E-state index < -0.39 is 4.92 Å². The van der Waals surface area contributed by atoms with Gasteiger partial charge in [0.25, 0.3) is 5.69 Å². The fourth-order valence-corrected chi connectivity index (χ4v) is 2.53. The van der Waals surface area contributed by atoms with Gasteiger partial charge in [-0.1, -0.05) is 0 Å². The average Bonchev–Trinajstić information content (AvgIpc) is 3.33. The molecule has 0 saturated heterocycles. The number of nitro groups is 1. The Morgan fingerprint density at radius 3 is 2.74 bits per heavy atom. The van der Waals surface area contributed by atoms with E-state index in [9.17, 15) is 14.9 Å². The number of nitro benzene ring substituents is 1. The molecule has 1 saturated carbocycles. The summed E-state index contributed by atoms with van der Waals surface area (Å²) in [6, 6.07) is 4.88. The van der Waals surface area contributed by atoms with Crippen LogP contribution in [-0.4, -0.2) is 46.6 Å². The maximum atomic E-state index is 12.2. The number of aliphatic hydroxyl groups is 1. The van der Waals surface area contributed by atoms with Gasteiger partial charge in [0, 0.05) is 30.5 Å². The molecule has 0 unspecified atom stereocenters. The first-order chi connectivity index (χ1) is 11.0. The highest BCUT2D eigenvalue weighted by Crippen LogP contribution is 2.27. The van der Waals surface area contributed by atoms with Crippen molar-refractivity contribution in [3.8, 4) is 0 Å². The number of non-ortho nitro benzene ring substituents is 1. The molecule has 126 valence electrons. The highest BCUT2D eigenvalue weighted by atomic mass is 16.6. The molecule has 1 aliphatic rings. The number of carbonyl (C=O) groups is 1. The molecule has 1 aromatic rings. The van der Waals surface area contributed by atoms with Crippen molar-refractivity contribution in [2.75, 3.05) is 25.0 Å². The topological polar surface area (TPSA) is 95.7 Å². The van der Waals surface area contributed by atoms with Crippen LogP contribution in [0, 0.1) is 17.0 Å². The normalized spacial score (nSPS) is 14.0. The number of unbranched alkanes of at least 4 members (excludes halogenated alkanes) is 1. The molecule has 0 aromatic heterocycles. The third-order valence-corrected chi connectivity index (χ3v) is 3.96. The van der Waals surface area contributed by atoms with E-state index in [-0.39, 0.29) is 18.2 Å². The Bertz CT molecular complexity index is 572. The van der Waals surface area contributed by atoms with Gasteiger partial charge in [-0.2, -0.15) is 0 Å². The number of aryl methyl sites for hydroxylation is 1. The summed E-state index contributed by atoms with van der Waals surface area (Å²) in [5, 5.41) is 22.4. The van der Waals surface area contributed by atoms with Crippen LogP contribution in [0.4, 0.5) is 11.4 Å². The second-order valence-electron chi connectivity index (χ2n) is 5.94. The highest BCUT2D eigenvalue weighted by Gasteiger charge is 2.29. The Morgan fingerprint density at radius 1 is 1.43 bits per heavy atom. The van der Waals surface area contributed by atoms with Crippen molar-refractivity contribution in [3.63, 3.8) is 0 Å². The number of anilines is 1. The maximum absolute atomic E-state index is 12.2. The van der Waals surface area contributed by atoms with Gasteiger partial charge in [-0.3, -0.25) is 19.8 Å². The Labute approximate surface area is 135 Å². The Hall–Kier alpha value is -1.99. The predicted octanol–water partition coefficient (Wildman–Crippen LogP) is 2.08. The monoisotopic (exact) mass is 321 g/mol. The predicted molar refractivity (Wildman–Crippen MR) is 87.4 cm³/mol. The third kappa shape index (κ3) is 5.30. The van der Waals surface area contributed by atoms with Crippen molar-refractivity contribution >= 4 is 17.3 Å². The standard InChI is InChI=1S/C16H23N3O4/c1-12-10-14(19(22)23)6-7-15(12)17-16(21)11-18(13-4-5-13)8-2-3-9-20/h6-7,10,13,20H,2-5,8-9,11H2,1H3,(H,17,21). The number of aliphatic hydroxyl groups excluding tert-OH is 1. The smallest absolute Gasteiger partial charge is 0.269 e. The Morgan fingerprint density at radius 2 is 2.17 bits per heavy atom. The molecule has 1 amide bonds. The molecule has 7 heteroatoms. The first-order valence-corrected chi connectivity index (χ1v) is 7.91. The quantitative estimate of drug-likeness (QED) is 0.412. The van der Waals surface area contributed by atoms with Crippen LogP contribution in [0.15, 0.2) is 18.2 Å². The average molecular weight is 321 g/mol. The van der Waals surface area contributed by atoms with Crippen molar-refractivity contribution in [2.45, 2.75) is 38.6 Å². The summed E-state index contributed by atoms with van der Waals surface area (Å²) in [5.41, 5.74) is 1.29. The van der Waals surface area contributed by atoms with Crippen LogP contribution in [0.2, 0.25) is 0 Å². The number of carbonyl (C=O) groups excluding carboxylic acids is 1. The van der Waals surface area contributed by atoms with Gasteiger partial charge in [-0.05, 0) is 50.8 Å². The molecule has 0 atom stereocenters. The molecule has 0 aliphatic heterocycles. The van der Waals surface area contributed by atoms with E-state index in [2.05, 4.69) is 10.2 Å². The maximum Gasteiger partial charge on any atom is 0.269 e. The van der Waals surface area contributed by atoms with E-state index in [0.717, 1.165) is 32.2 Å². The molecule has 7 nitrogen and oxygen atoms in total. The zero-order valence-corrected chi connectivity index (χ0v) is 13.3. The van der Waals surface area contributed by atoms with Crippen LogP contribution < -0.4 is 5.32 Å².